The van der Waals surface area contributed by atoms with E-state index in [-0.39, 0.29) is 17.0 Å². The second-order valence-electron chi connectivity index (χ2n) is 6.61. The molecule has 0 fully saturated rings. The van der Waals surface area contributed by atoms with E-state index in [1.54, 1.807) is 17.8 Å². The van der Waals surface area contributed by atoms with Crippen LogP contribution in [0.4, 0.5) is 10.1 Å². The normalized spacial score (nSPS) is 20.4. The van der Waals surface area contributed by atoms with Crippen LogP contribution in [-0.2, 0) is 0 Å². The monoisotopic (exact) mass is 395 g/mol. The first kappa shape index (κ1) is 16.8. The number of hydrogen-bond donors (Lipinski definition) is 0. The summed E-state index contributed by atoms with van der Waals surface area (Å²) in [4.78, 5) is 6.07. The zero-order valence-electron chi connectivity index (χ0n) is 14.2. The Hall–Kier alpha value is -2.30. The molecule has 27 heavy (non-hydrogen) atoms. The smallest absolute Gasteiger partial charge is 0.128 e. The molecule has 0 amide bonds. The maximum Gasteiger partial charge on any atom is 0.128 e. The van der Waals surface area contributed by atoms with Crippen LogP contribution in [0.2, 0.25) is 5.02 Å². The molecule has 3 aromatic carbocycles. The first-order valence-electron chi connectivity index (χ1n) is 8.71. The van der Waals surface area contributed by atoms with Gasteiger partial charge in [-0.2, -0.15) is 0 Å². The largest absolute Gasteiger partial charge is 0.492 e. The number of nitrogens with zero attached hydrogens (tertiary/aromatic N) is 1. The molecule has 2 heterocycles. The molecule has 3 aromatic rings. The average Bonchev–Trinajstić information content (AvgIpc) is 2.85. The minimum Gasteiger partial charge on any atom is -0.492 e. The van der Waals surface area contributed by atoms with Crippen molar-refractivity contribution in [2.45, 2.75) is 10.1 Å². The molecule has 0 aliphatic carbocycles. The van der Waals surface area contributed by atoms with E-state index in [1.165, 1.54) is 12.1 Å². The average molecular weight is 396 g/mol. The molecular formula is C22H15ClFNOS. The van der Waals surface area contributed by atoms with E-state index in [4.69, 9.17) is 21.3 Å². The SMILES string of the molecule is Fc1ccc2c(c1)C1=Nc3ccccc3S[C@@H](c3ccc(Cl)cc3)[C@@H]1CO2. The minimum atomic E-state index is -0.283. The third kappa shape index (κ3) is 3.03. The maximum absolute atomic E-state index is 14.0. The highest BCUT2D eigenvalue weighted by Gasteiger charge is 2.37. The lowest BCUT2D eigenvalue weighted by atomic mass is 9.88. The van der Waals surface area contributed by atoms with Crippen LogP contribution in [0.15, 0.2) is 76.6 Å². The summed E-state index contributed by atoms with van der Waals surface area (Å²) in [6, 6.07) is 20.6. The van der Waals surface area contributed by atoms with Gasteiger partial charge in [0.25, 0.3) is 0 Å². The number of halogens is 2. The first-order valence-corrected chi connectivity index (χ1v) is 9.97. The molecule has 0 radical (unpaired) electrons. The number of hydrogen-bond acceptors (Lipinski definition) is 3. The number of ether oxygens (including phenoxy) is 1. The molecule has 0 saturated heterocycles. The summed E-state index contributed by atoms with van der Waals surface area (Å²) < 4.78 is 20.0. The van der Waals surface area contributed by atoms with Crippen LogP contribution in [0.5, 0.6) is 5.75 Å². The fourth-order valence-corrected chi connectivity index (χ4v) is 5.07. The van der Waals surface area contributed by atoms with Crippen molar-refractivity contribution in [3.63, 3.8) is 0 Å². The lowest BCUT2D eigenvalue weighted by Crippen LogP contribution is -2.32. The molecule has 0 spiro atoms. The fourth-order valence-electron chi connectivity index (χ4n) is 3.61. The van der Waals surface area contributed by atoms with Crippen molar-refractivity contribution >= 4 is 34.8 Å². The van der Waals surface area contributed by atoms with Gasteiger partial charge in [0.15, 0.2) is 0 Å². The summed E-state index contributed by atoms with van der Waals surface area (Å²) in [7, 11) is 0. The zero-order valence-corrected chi connectivity index (χ0v) is 15.8. The molecule has 134 valence electrons. The first-order chi connectivity index (χ1) is 13.2. The number of rotatable bonds is 1. The molecule has 0 saturated carbocycles. The molecule has 0 aromatic heterocycles. The topological polar surface area (TPSA) is 21.6 Å². The lowest BCUT2D eigenvalue weighted by molar-refractivity contribution is 0.271. The summed E-state index contributed by atoms with van der Waals surface area (Å²) in [6.07, 6.45) is 0. The van der Waals surface area contributed by atoms with Gasteiger partial charge in [0.05, 0.1) is 23.9 Å². The van der Waals surface area contributed by atoms with Gasteiger partial charge in [-0.25, -0.2) is 4.39 Å². The van der Waals surface area contributed by atoms with Crippen molar-refractivity contribution in [1.29, 1.82) is 0 Å². The summed E-state index contributed by atoms with van der Waals surface area (Å²) in [5.74, 6) is 0.414. The molecule has 0 unspecified atom stereocenters. The van der Waals surface area contributed by atoms with Crippen LogP contribution in [0.3, 0.4) is 0 Å². The highest BCUT2D eigenvalue weighted by atomic mass is 35.5. The van der Waals surface area contributed by atoms with Crippen molar-refractivity contribution in [2.24, 2.45) is 10.9 Å². The predicted octanol–water partition coefficient (Wildman–Crippen LogP) is 6.46. The van der Waals surface area contributed by atoms with Crippen molar-refractivity contribution in [3.05, 3.63) is 88.7 Å². The minimum absolute atomic E-state index is 0.0119. The third-order valence-corrected chi connectivity index (χ3v) is 6.62. The van der Waals surface area contributed by atoms with Gasteiger partial charge in [0.2, 0.25) is 0 Å². The van der Waals surface area contributed by atoms with Crippen LogP contribution in [-0.4, -0.2) is 12.3 Å². The van der Waals surface area contributed by atoms with E-state index >= 15 is 0 Å². The van der Waals surface area contributed by atoms with Gasteiger partial charge in [0, 0.05) is 20.7 Å². The molecule has 0 bridgehead atoms. The Morgan fingerprint density at radius 3 is 2.70 bits per heavy atom. The number of para-hydroxylation sites is 1. The summed E-state index contributed by atoms with van der Waals surface area (Å²) in [5.41, 5.74) is 3.69. The zero-order chi connectivity index (χ0) is 18.4. The molecule has 2 atom stereocenters. The molecule has 0 N–H and O–H groups in total. The van der Waals surface area contributed by atoms with Gasteiger partial charge in [-0.05, 0) is 48.0 Å². The summed E-state index contributed by atoms with van der Waals surface area (Å²) in [6.45, 7) is 0.506. The van der Waals surface area contributed by atoms with Crippen LogP contribution in [0, 0.1) is 11.7 Å². The summed E-state index contributed by atoms with van der Waals surface area (Å²) in [5, 5.41) is 0.806. The number of thioether (sulfide) groups is 1. The Labute approximate surface area is 166 Å². The van der Waals surface area contributed by atoms with Gasteiger partial charge in [-0.1, -0.05) is 35.9 Å². The predicted molar refractivity (Wildman–Crippen MR) is 108 cm³/mol. The number of benzene rings is 3. The van der Waals surface area contributed by atoms with Crippen LogP contribution >= 0.6 is 23.4 Å². The Morgan fingerprint density at radius 1 is 1.04 bits per heavy atom. The second kappa shape index (κ2) is 6.70. The third-order valence-electron chi connectivity index (χ3n) is 4.91. The molecular weight excluding hydrogens is 381 g/mol. The Kier molecular flexibility index (Phi) is 4.18. The number of fused-ring (bicyclic) bond motifs is 4. The Balaban J connectivity index is 1.71. The number of aliphatic imine (C=N–C) groups is 1. The van der Waals surface area contributed by atoms with E-state index in [0.717, 1.165) is 27.4 Å². The quantitative estimate of drug-likeness (QED) is 0.471. The van der Waals surface area contributed by atoms with Crippen molar-refractivity contribution in [3.8, 4) is 5.75 Å². The van der Waals surface area contributed by atoms with Crippen LogP contribution in [0.1, 0.15) is 16.4 Å². The highest BCUT2D eigenvalue weighted by Crippen LogP contribution is 2.50. The van der Waals surface area contributed by atoms with Crippen molar-refractivity contribution in [2.75, 3.05) is 6.61 Å². The van der Waals surface area contributed by atoms with Crippen LogP contribution < -0.4 is 4.74 Å². The molecule has 5 rings (SSSR count). The van der Waals surface area contributed by atoms with E-state index in [9.17, 15) is 4.39 Å². The molecule has 2 aliphatic heterocycles. The van der Waals surface area contributed by atoms with E-state index < -0.39 is 0 Å². The molecule has 2 aliphatic rings. The van der Waals surface area contributed by atoms with Gasteiger partial charge >= 0.3 is 0 Å². The second-order valence-corrected chi connectivity index (χ2v) is 8.23. The van der Waals surface area contributed by atoms with E-state index in [0.29, 0.717) is 17.4 Å². The standard InChI is InChI=1S/C22H15ClFNOS/c23-14-7-5-13(6-8-14)22-17-12-26-19-10-9-15(24)11-16(19)21(17)25-18-3-1-2-4-20(18)27-22/h1-11,17,22H,12H2/t17-,22+/m1/s1. The van der Waals surface area contributed by atoms with Gasteiger partial charge < -0.3 is 4.74 Å². The van der Waals surface area contributed by atoms with Crippen molar-refractivity contribution < 1.29 is 9.13 Å². The van der Waals surface area contributed by atoms with Gasteiger partial charge in [-0.3, -0.25) is 4.99 Å². The van der Waals surface area contributed by atoms with E-state index in [2.05, 4.69) is 6.07 Å². The summed E-state index contributed by atoms with van der Waals surface area (Å²) >= 11 is 7.86. The molecule has 5 heteroatoms. The maximum atomic E-state index is 14.0. The van der Waals surface area contributed by atoms with E-state index in [1.807, 2.05) is 42.5 Å². The lowest BCUT2D eigenvalue weighted by Gasteiger charge is -2.31. The fraction of sp³-hybridized carbons (Fsp3) is 0.136. The Bertz CT molecular complexity index is 1050. The highest BCUT2D eigenvalue weighted by molar-refractivity contribution is 7.99. The van der Waals surface area contributed by atoms with Gasteiger partial charge in [0.1, 0.15) is 11.6 Å². The van der Waals surface area contributed by atoms with Crippen LogP contribution in [0.25, 0.3) is 0 Å². The van der Waals surface area contributed by atoms with Gasteiger partial charge in [-0.15, -0.1) is 11.8 Å². The van der Waals surface area contributed by atoms with Crippen molar-refractivity contribution in [1.82, 2.24) is 0 Å². The molecule has 2 nitrogen and oxygen atoms in total. The Morgan fingerprint density at radius 2 is 1.85 bits per heavy atom.